The molecule has 0 saturated carbocycles. The number of halogens is 1. The number of hydrogen-bond acceptors (Lipinski definition) is 7. The van der Waals surface area contributed by atoms with Gasteiger partial charge in [-0.2, -0.15) is 10.4 Å². The monoisotopic (exact) mass is 495 g/mol. The van der Waals surface area contributed by atoms with E-state index in [0.29, 0.717) is 46.7 Å². The summed E-state index contributed by atoms with van der Waals surface area (Å²) in [5.74, 6) is -0.926. The van der Waals surface area contributed by atoms with Crippen LogP contribution in [0.4, 0.5) is 10.6 Å². The Morgan fingerprint density at radius 1 is 1.26 bits per heavy atom. The van der Waals surface area contributed by atoms with Gasteiger partial charge >= 0.3 is 12.1 Å². The van der Waals surface area contributed by atoms with Gasteiger partial charge in [0.05, 0.1) is 23.1 Å². The van der Waals surface area contributed by atoms with Gasteiger partial charge in [0.2, 0.25) is 12.7 Å². The molecule has 1 atom stereocenters. The third-order valence-corrected chi connectivity index (χ3v) is 6.04. The van der Waals surface area contributed by atoms with Gasteiger partial charge in [0.15, 0.2) is 5.82 Å². The van der Waals surface area contributed by atoms with E-state index in [1.54, 1.807) is 18.2 Å². The summed E-state index contributed by atoms with van der Waals surface area (Å²) in [6, 6.07) is 12.7. The number of aromatic nitrogens is 2. The third kappa shape index (κ3) is 5.53. The van der Waals surface area contributed by atoms with Crippen LogP contribution in [0.25, 0.3) is 22.0 Å². The van der Waals surface area contributed by atoms with E-state index < -0.39 is 24.8 Å². The van der Waals surface area contributed by atoms with Gasteiger partial charge in [-0.1, -0.05) is 17.7 Å². The van der Waals surface area contributed by atoms with Gasteiger partial charge in [-0.25, -0.2) is 4.79 Å². The second-order valence-electron chi connectivity index (χ2n) is 8.08. The van der Waals surface area contributed by atoms with Gasteiger partial charge in [0, 0.05) is 36.0 Å². The van der Waals surface area contributed by atoms with E-state index in [-0.39, 0.29) is 12.5 Å². The number of esters is 1. The van der Waals surface area contributed by atoms with Crippen LogP contribution < -0.4 is 5.32 Å². The highest BCUT2D eigenvalue weighted by atomic mass is 35.5. The Morgan fingerprint density at radius 3 is 2.86 bits per heavy atom. The van der Waals surface area contributed by atoms with Crippen LogP contribution >= 0.6 is 11.6 Å². The maximum atomic E-state index is 13.0. The number of hydrogen-bond donors (Lipinski definition) is 2. The lowest BCUT2D eigenvalue weighted by atomic mass is 9.97. The highest BCUT2D eigenvalue weighted by Crippen LogP contribution is 2.33. The molecule has 2 amide bonds. The minimum absolute atomic E-state index is 0.175. The van der Waals surface area contributed by atoms with E-state index >= 15 is 0 Å². The second kappa shape index (κ2) is 10.4. The first-order chi connectivity index (χ1) is 16.9. The number of likely N-dealkylation sites (tertiary alicyclic amines) is 1. The lowest BCUT2D eigenvalue weighted by molar-refractivity contribution is -0.149. The average Bonchev–Trinajstić information content (AvgIpc) is 3.26. The van der Waals surface area contributed by atoms with Crippen molar-refractivity contribution in [1.82, 2.24) is 15.1 Å². The van der Waals surface area contributed by atoms with Crippen molar-refractivity contribution >= 4 is 46.3 Å². The summed E-state index contributed by atoms with van der Waals surface area (Å²) in [6.07, 6.45) is 0.582. The van der Waals surface area contributed by atoms with Crippen LogP contribution in [0.1, 0.15) is 25.3 Å². The number of ether oxygens (including phenoxy) is 2. The number of benzene rings is 2. The SMILES string of the molecule is CC(=O)OCOC(=O)N1CCC[C@@H](C(=O)Nc2n[nH]c3ccc(-c4cc(C#N)ccc4Cl)cc23)C1. The topological polar surface area (TPSA) is 137 Å². The van der Waals surface area contributed by atoms with Crippen molar-refractivity contribution in [1.29, 1.82) is 5.26 Å². The molecule has 0 aliphatic carbocycles. The molecule has 2 heterocycles. The maximum Gasteiger partial charge on any atom is 0.412 e. The van der Waals surface area contributed by atoms with Gasteiger partial charge in [-0.05, 0) is 48.7 Å². The van der Waals surface area contributed by atoms with Crippen LogP contribution in [0.2, 0.25) is 5.02 Å². The van der Waals surface area contributed by atoms with E-state index in [4.69, 9.17) is 16.3 Å². The number of nitrogens with zero attached hydrogens (tertiary/aromatic N) is 3. The summed E-state index contributed by atoms with van der Waals surface area (Å²) >= 11 is 6.36. The van der Waals surface area contributed by atoms with Crippen molar-refractivity contribution < 1.29 is 23.9 Å². The number of carbonyl (C=O) groups excluding carboxylic acids is 3. The summed E-state index contributed by atoms with van der Waals surface area (Å²) in [5, 5.41) is 20.4. The molecule has 1 fully saturated rings. The van der Waals surface area contributed by atoms with Crippen LogP contribution in [-0.2, 0) is 19.1 Å². The number of nitriles is 1. The highest BCUT2D eigenvalue weighted by Gasteiger charge is 2.30. The minimum atomic E-state index is -0.643. The highest BCUT2D eigenvalue weighted by molar-refractivity contribution is 6.33. The predicted molar refractivity (Wildman–Crippen MR) is 127 cm³/mol. The lowest BCUT2D eigenvalue weighted by Crippen LogP contribution is -2.44. The van der Waals surface area contributed by atoms with E-state index in [0.717, 1.165) is 11.1 Å². The van der Waals surface area contributed by atoms with Crippen LogP contribution in [0.15, 0.2) is 36.4 Å². The number of carbonyl (C=O) groups is 3. The van der Waals surface area contributed by atoms with Crippen molar-refractivity contribution in [3.05, 3.63) is 47.0 Å². The molecule has 35 heavy (non-hydrogen) atoms. The largest absolute Gasteiger partial charge is 0.428 e. The van der Waals surface area contributed by atoms with Gasteiger partial charge < -0.3 is 19.7 Å². The van der Waals surface area contributed by atoms with Crippen molar-refractivity contribution in [2.45, 2.75) is 19.8 Å². The van der Waals surface area contributed by atoms with Crippen molar-refractivity contribution in [2.75, 3.05) is 25.2 Å². The molecule has 1 saturated heterocycles. The minimum Gasteiger partial charge on any atom is -0.428 e. The molecule has 0 radical (unpaired) electrons. The number of nitrogens with one attached hydrogen (secondary N) is 2. The van der Waals surface area contributed by atoms with Gasteiger partial charge in [0.1, 0.15) is 0 Å². The third-order valence-electron chi connectivity index (χ3n) is 5.71. The number of amides is 2. The molecule has 3 aromatic rings. The number of aromatic amines is 1. The van der Waals surface area contributed by atoms with E-state index in [1.807, 2.05) is 18.2 Å². The Labute approximate surface area is 205 Å². The fourth-order valence-electron chi connectivity index (χ4n) is 3.92. The maximum absolute atomic E-state index is 13.0. The summed E-state index contributed by atoms with van der Waals surface area (Å²) in [6.45, 7) is 1.37. The van der Waals surface area contributed by atoms with Crippen molar-refractivity contribution in [2.24, 2.45) is 5.92 Å². The van der Waals surface area contributed by atoms with Gasteiger partial charge in [-0.15, -0.1) is 0 Å². The van der Waals surface area contributed by atoms with E-state index in [2.05, 4.69) is 26.3 Å². The van der Waals surface area contributed by atoms with Crippen LogP contribution in [0, 0.1) is 17.2 Å². The predicted octanol–water partition coefficient (Wildman–Crippen LogP) is 4.06. The van der Waals surface area contributed by atoms with Gasteiger partial charge in [-0.3, -0.25) is 14.7 Å². The molecular weight excluding hydrogens is 474 g/mol. The molecule has 1 aliphatic rings. The molecular formula is C24H22ClN5O5. The molecule has 2 N–H and O–H groups in total. The molecule has 10 nitrogen and oxygen atoms in total. The molecule has 2 aromatic carbocycles. The number of fused-ring (bicyclic) bond motifs is 1. The normalized spacial score (nSPS) is 15.3. The van der Waals surface area contributed by atoms with Crippen LogP contribution in [0.3, 0.4) is 0 Å². The van der Waals surface area contributed by atoms with Crippen molar-refractivity contribution in [3.63, 3.8) is 0 Å². The zero-order valence-corrected chi connectivity index (χ0v) is 19.6. The standard InChI is InChI=1S/C24H22ClN5O5/c1-14(31)34-13-35-24(33)30-8-2-3-17(12-30)23(32)27-22-19-10-16(5-7-21(19)28-29-22)18-9-15(11-26)4-6-20(18)25/h4-7,9-10,17H,2-3,8,12-13H2,1H3,(H2,27,28,29,32)/t17-/m1/s1. The van der Waals surface area contributed by atoms with Crippen molar-refractivity contribution in [3.8, 4) is 17.2 Å². The lowest BCUT2D eigenvalue weighted by Gasteiger charge is -2.31. The summed E-state index contributed by atoms with van der Waals surface area (Å²) in [5.41, 5.74) is 2.67. The molecule has 0 unspecified atom stereocenters. The summed E-state index contributed by atoms with van der Waals surface area (Å²) in [4.78, 5) is 37.5. The number of piperidine rings is 1. The summed E-state index contributed by atoms with van der Waals surface area (Å²) in [7, 11) is 0. The zero-order chi connectivity index (χ0) is 24.9. The van der Waals surface area contributed by atoms with E-state index in [1.165, 1.54) is 11.8 Å². The first-order valence-electron chi connectivity index (χ1n) is 10.9. The molecule has 4 rings (SSSR count). The average molecular weight is 496 g/mol. The number of anilines is 1. The fraction of sp³-hybridized carbons (Fsp3) is 0.292. The quantitative estimate of drug-likeness (QED) is 0.402. The van der Waals surface area contributed by atoms with Crippen LogP contribution in [-0.4, -0.2) is 52.9 Å². The smallest absolute Gasteiger partial charge is 0.412 e. The van der Waals surface area contributed by atoms with Gasteiger partial charge in [0.25, 0.3) is 0 Å². The Morgan fingerprint density at radius 2 is 2.09 bits per heavy atom. The Balaban J connectivity index is 1.48. The Hall–Kier alpha value is -4.10. The van der Waals surface area contributed by atoms with E-state index in [9.17, 15) is 19.6 Å². The molecule has 0 bridgehead atoms. The molecule has 1 aromatic heterocycles. The number of H-pyrrole nitrogens is 1. The molecule has 180 valence electrons. The Kier molecular flexibility index (Phi) is 7.17. The molecule has 1 aliphatic heterocycles. The Bertz CT molecular complexity index is 1330. The first-order valence-corrected chi connectivity index (χ1v) is 11.3. The fourth-order valence-corrected chi connectivity index (χ4v) is 4.15. The number of rotatable bonds is 5. The molecule has 11 heteroatoms. The summed E-state index contributed by atoms with van der Waals surface area (Å²) < 4.78 is 9.56. The van der Waals surface area contributed by atoms with Crippen LogP contribution in [0.5, 0.6) is 0 Å². The first kappa shape index (κ1) is 24.0. The second-order valence-corrected chi connectivity index (χ2v) is 8.48. The zero-order valence-electron chi connectivity index (χ0n) is 18.8. The molecule has 0 spiro atoms.